The molecule has 1 aromatic rings. The van der Waals surface area contributed by atoms with E-state index < -0.39 is 0 Å². The highest BCUT2D eigenvalue weighted by Crippen LogP contribution is 2.19. The lowest BCUT2D eigenvalue weighted by atomic mass is 10.1. The van der Waals surface area contributed by atoms with Crippen molar-refractivity contribution in [2.24, 2.45) is 0 Å². The van der Waals surface area contributed by atoms with Crippen molar-refractivity contribution >= 4 is 5.91 Å². The summed E-state index contributed by atoms with van der Waals surface area (Å²) in [7, 11) is 4.00. The molecule has 0 aliphatic heterocycles. The van der Waals surface area contributed by atoms with Gasteiger partial charge in [-0.3, -0.25) is 4.79 Å². The van der Waals surface area contributed by atoms with E-state index in [1.54, 1.807) is 25.1 Å². The van der Waals surface area contributed by atoms with Crippen molar-refractivity contribution < 1.29 is 9.90 Å². The van der Waals surface area contributed by atoms with E-state index in [2.05, 4.69) is 10.2 Å². The molecule has 1 amide bonds. The summed E-state index contributed by atoms with van der Waals surface area (Å²) in [6, 6.07) is 4.98. The molecule has 0 fully saturated rings. The third-order valence-corrected chi connectivity index (χ3v) is 2.62. The lowest BCUT2D eigenvalue weighted by molar-refractivity contribution is 0.0951. The van der Waals surface area contributed by atoms with Crippen LogP contribution in [0.4, 0.5) is 0 Å². The topological polar surface area (TPSA) is 52.6 Å². The van der Waals surface area contributed by atoms with Gasteiger partial charge in [0.05, 0.1) is 0 Å². The zero-order valence-corrected chi connectivity index (χ0v) is 10.7. The van der Waals surface area contributed by atoms with Gasteiger partial charge in [-0.1, -0.05) is 6.07 Å². The van der Waals surface area contributed by atoms with Crippen LogP contribution in [0, 0.1) is 6.92 Å². The molecule has 0 aromatic heterocycles. The Kier molecular flexibility index (Phi) is 4.97. The number of aromatic hydroxyl groups is 1. The normalized spacial score (nSPS) is 10.6. The van der Waals surface area contributed by atoms with E-state index in [4.69, 9.17) is 0 Å². The first-order valence-electron chi connectivity index (χ1n) is 5.74. The highest BCUT2D eigenvalue weighted by atomic mass is 16.3. The SMILES string of the molecule is Cc1c(O)cccc1C(=O)NCCCN(C)C. The molecule has 0 aliphatic carbocycles. The van der Waals surface area contributed by atoms with Crippen LogP contribution in [0.2, 0.25) is 0 Å². The van der Waals surface area contributed by atoms with Crippen molar-refractivity contribution in [3.63, 3.8) is 0 Å². The molecule has 0 bridgehead atoms. The average molecular weight is 236 g/mol. The lowest BCUT2D eigenvalue weighted by Gasteiger charge is -2.11. The Morgan fingerprint density at radius 2 is 2.12 bits per heavy atom. The number of nitrogens with zero attached hydrogens (tertiary/aromatic N) is 1. The fourth-order valence-corrected chi connectivity index (χ4v) is 1.56. The van der Waals surface area contributed by atoms with E-state index in [1.165, 1.54) is 0 Å². The second-order valence-electron chi connectivity index (χ2n) is 4.36. The molecular formula is C13H20N2O2. The summed E-state index contributed by atoms with van der Waals surface area (Å²) in [5.41, 5.74) is 1.16. The molecule has 0 aliphatic rings. The number of carbonyl (C=O) groups is 1. The first kappa shape index (κ1) is 13.5. The van der Waals surface area contributed by atoms with E-state index >= 15 is 0 Å². The van der Waals surface area contributed by atoms with Crippen molar-refractivity contribution in [3.05, 3.63) is 29.3 Å². The van der Waals surface area contributed by atoms with Crippen LogP contribution in [0.25, 0.3) is 0 Å². The molecule has 1 rings (SSSR count). The standard InChI is InChI=1S/C13H20N2O2/c1-10-11(6-4-7-12(10)16)13(17)14-8-5-9-15(2)3/h4,6-7,16H,5,8-9H2,1-3H3,(H,14,17). The van der Waals surface area contributed by atoms with Gasteiger partial charge in [-0.2, -0.15) is 0 Å². The molecular weight excluding hydrogens is 216 g/mol. The molecule has 2 N–H and O–H groups in total. The average Bonchev–Trinajstić information content (AvgIpc) is 2.27. The number of phenols is 1. The smallest absolute Gasteiger partial charge is 0.251 e. The van der Waals surface area contributed by atoms with Crippen LogP contribution in [0.1, 0.15) is 22.3 Å². The number of hydrogen-bond donors (Lipinski definition) is 2. The molecule has 0 saturated carbocycles. The molecule has 0 heterocycles. The van der Waals surface area contributed by atoms with E-state index in [9.17, 15) is 9.90 Å². The van der Waals surface area contributed by atoms with E-state index in [-0.39, 0.29) is 11.7 Å². The van der Waals surface area contributed by atoms with Gasteiger partial charge in [-0.05, 0) is 46.1 Å². The van der Waals surface area contributed by atoms with Gasteiger partial charge >= 0.3 is 0 Å². The summed E-state index contributed by atoms with van der Waals surface area (Å²) >= 11 is 0. The molecule has 0 radical (unpaired) electrons. The maximum absolute atomic E-state index is 11.8. The monoisotopic (exact) mass is 236 g/mol. The lowest BCUT2D eigenvalue weighted by Crippen LogP contribution is -2.27. The van der Waals surface area contributed by atoms with Crippen molar-refractivity contribution in [1.29, 1.82) is 0 Å². The van der Waals surface area contributed by atoms with Crippen molar-refractivity contribution in [1.82, 2.24) is 10.2 Å². The fourth-order valence-electron chi connectivity index (χ4n) is 1.56. The fraction of sp³-hybridized carbons (Fsp3) is 0.462. The van der Waals surface area contributed by atoms with Crippen LogP contribution in [-0.2, 0) is 0 Å². The number of carbonyl (C=O) groups excluding carboxylic acids is 1. The Hall–Kier alpha value is -1.55. The third-order valence-electron chi connectivity index (χ3n) is 2.62. The second-order valence-corrected chi connectivity index (χ2v) is 4.36. The first-order valence-corrected chi connectivity index (χ1v) is 5.74. The highest BCUT2D eigenvalue weighted by molar-refractivity contribution is 5.96. The van der Waals surface area contributed by atoms with Crippen LogP contribution in [0.5, 0.6) is 5.75 Å². The van der Waals surface area contributed by atoms with Gasteiger partial charge < -0.3 is 15.3 Å². The summed E-state index contributed by atoms with van der Waals surface area (Å²) < 4.78 is 0. The zero-order chi connectivity index (χ0) is 12.8. The number of rotatable bonds is 5. The van der Waals surface area contributed by atoms with Crippen molar-refractivity contribution in [3.8, 4) is 5.75 Å². The Morgan fingerprint density at radius 3 is 2.76 bits per heavy atom. The van der Waals surface area contributed by atoms with Gasteiger partial charge in [0.25, 0.3) is 5.91 Å². The number of nitrogens with one attached hydrogen (secondary N) is 1. The molecule has 0 atom stereocenters. The predicted molar refractivity (Wildman–Crippen MR) is 68.3 cm³/mol. The van der Waals surface area contributed by atoms with Gasteiger partial charge in [-0.25, -0.2) is 0 Å². The zero-order valence-electron chi connectivity index (χ0n) is 10.7. The molecule has 0 unspecified atom stereocenters. The molecule has 0 saturated heterocycles. The number of benzene rings is 1. The van der Waals surface area contributed by atoms with Gasteiger partial charge in [0.1, 0.15) is 5.75 Å². The minimum atomic E-state index is -0.128. The van der Waals surface area contributed by atoms with Crippen LogP contribution < -0.4 is 5.32 Å². The van der Waals surface area contributed by atoms with Gasteiger partial charge in [0.15, 0.2) is 0 Å². The van der Waals surface area contributed by atoms with Crippen LogP contribution in [0.3, 0.4) is 0 Å². The predicted octanol–water partition coefficient (Wildman–Crippen LogP) is 1.38. The number of amides is 1. The Morgan fingerprint density at radius 1 is 1.41 bits per heavy atom. The summed E-state index contributed by atoms with van der Waals surface area (Å²) in [6.45, 7) is 3.33. The van der Waals surface area contributed by atoms with E-state index in [1.807, 2.05) is 14.1 Å². The van der Waals surface area contributed by atoms with Gasteiger partial charge in [-0.15, -0.1) is 0 Å². The Balaban J connectivity index is 2.50. The van der Waals surface area contributed by atoms with E-state index in [0.717, 1.165) is 13.0 Å². The van der Waals surface area contributed by atoms with Crippen molar-refractivity contribution in [2.45, 2.75) is 13.3 Å². The van der Waals surface area contributed by atoms with E-state index in [0.29, 0.717) is 17.7 Å². The van der Waals surface area contributed by atoms with Crippen LogP contribution in [0.15, 0.2) is 18.2 Å². The second kappa shape index (κ2) is 6.25. The van der Waals surface area contributed by atoms with Gasteiger partial charge in [0, 0.05) is 17.7 Å². The molecule has 94 valence electrons. The van der Waals surface area contributed by atoms with Crippen LogP contribution in [-0.4, -0.2) is 43.1 Å². The summed E-state index contributed by atoms with van der Waals surface area (Å²) in [4.78, 5) is 13.9. The minimum Gasteiger partial charge on any atom is -0.508 e. The maximum atomic E-state index is 11.8. The molecule has 17 heavy (non-hydrogen) atoms. The Labute approximate surface area is 102 Å². The molecule has 4 heteroatoms. The third kappa shape index (κ3) is 4.07. The highest BCUT2D eigenvalue weighted by Gasteiger charge is 2.10. The quantitative estimate of drug-likeness (QED) is 0.759. The molecule has 0 spiro atoms. The Bertz CT molecular complexity index is 389. The largest absolute Gasteiger partial charge is 0.508 e. The number of phenolic OH excluding ortho intramolecular Hbond substituents is 1. The summed E-state index contributed by atoms with van der Waals surface area (Å²) in [5, 5.41) is 12.4. The molecule has 1 aromatic carbocycles. The van der Waals surface area contributed by atoms with Crippen molar-refractivity contribution in [2.75, 3.05) is 27.2 Å². The molecule has 4 nitrogen and oxygen atoms in total. The first-order chi connectivity index (χ1) is 8.02. The number of hydrogen-bond acceptors (Lipinski definition) is 3. The summed E-state index contributed by atoms with van der Waals surface area (Å²) in [5.74, 6) is 0.0306. The maximum Gasteiger partial charge on any atom is 0.251 e. The van der Waals surface area contributed by atoms with Crippen LogP contribution >= 0.6 is 0 Å². The minimum absolute atomic E-state index is 0.128. The van der Waals surface area contributed by atoms with Gasteiger partial charge in [0.2, 0.25) is 0 Å². The summed E-state index contributed by atoms with van der Waals surface area (Å²) in [6.07, 6.45) is 0.913.